The van der Waals surface area contributed by atoms with E-state index in [9.17, 15) is 18.0 Å². The Balaban J connectivity index is 0.00000324. The molecule has 36 heavy (non-hydrogen) atoms. The highest BCUT2D eigenvalue weighted by atomic mass is 32.2. The largest absolute Gasteiger partial charge is 0.368 e. The van der Waals surface area contributed by atoms with Crippen LogP contribution in [0.15, 0.2) is 71.6 Å². The summed E-state index contributed by atoms with van der Waals surface area (Å²) in [5, 5.41) is 4.10. The van der Waals surface area contributed by atoms with Gasteiger partial charge in [-0.25, -0.2) is 8.42 Å². The molecular weight excluding hydrogens is 515 g/mol. The number of nitrogens with two attached hydrogens (primary N) is 1. The van der Waals surface area contributed by atoms with Crippen molar-refractivity contribution < 1.29 is 18.0 Å². The third-order valence-corrected chi connectivity index (χ3v) is 7.31. The summed E-state index contributed by atoms with van der Waals surface area (Å²) in [6.45, 7) is 3.87. The molecule has 3 aromatic rings. The molecule has 0 aliphatic rings. The Bertz CT molecular complexity index is 1270. The van der Waals surface area contributed by atoms with Crippen LogP contribution in [0.25, 0.3) is 10.8 Å². The molecule has 0 saturated heterocycles. The molecule has 0 unspecified atom stereocenters. The van der Waals surface area contributed by atoms with E-state index in [1.54, 1.807) is 24.3 Å². The van der Waals surface area contributed by atoms with Crippen molar-refractivity contribution in [3.05, 3.63) is 77.9 Å². The van der Waals surface area contributed by atoms with Gasteiger partial charge in [-0.2, -0.15) is 31.7 Å². The van der Waals surface area contributed by atoms with Crippen molar-refractivity contribution in [2.45, 2.75) is 56.5 Å². The third-order valence-electron chi connectivity index (χ3n) is 5.78. The minimum atomic E-state index is -4.02. The highest BCUT2D eigenvalue weighted by Gasteiger charge is 2.29. The van der Waals surface area contributed by atoms with E-state index >= 15 is 0 Å². The van der Waals surface area contributed by atoms with Crippen LogP contribution in [0.1, 0.15) is 37.8 Å². The predicted molar refractivity (Wildman–Crippen MR) is 154 cm³/mol. The SMILES string of the molecule is CCC[C@H](NS(=O)(=O)c1ccc(CC)c2ccccc12)C(=O)N[C@@H](Cc1ccccc1)C(N)=O.S.S. The van der Waals surface area contributed by atoms with Crippen molar-refractivity contribution in [3.63, 3.8) is 0 Å². The van der Waals surface area contributed by atoms with Gasteiger partial charge in [-0.3, -0.25) is 9.59 Å². The summed E-state index contributed by atoms with van der Waals surface area (Å²) in [6, 6.07) is 17.9. The molecule has 0 radical (unpaired) electrons. The molecule has 0 fully saturated rings. The Morgan fingerprint density at radius 3 is 2.06 bits per heavy atom. The summed E-state index contributed by atoms with van der Waals surface area (Å²) < 4.78 is 29.3. The first-order valence-electron chi connectivity index (χ1n) is 11.4. The standard InChI is InChI=1S/C26H31N3O4S.2H2S/c1-3-10-22(26(31)28-23(25(27)30)17-18-11-6-5-7-12-18)29-34(32,33)24-16-15-19(4-2)20-13-8-9-14-21(20)24;;/h5-9,11-16,22-23,29H,3-4,10,17H2,1-2H3,(H2,27,30)(H,28,31);2*1H2/t22-,23-;;/m0../s1. The molecule has 0 heterocycles. The number of rotatable bonds is 11. The normalized spacial score (nSPS) is 12.6. The summed E-state index contributed by atoms with van der Waals surface area (Å²) >= 11 is 0. The second-order valence-corrected chi connectivity index (χ2v) is 9.92. The number of hydrogen-bond acceptors (Lipinski definition) is 4. The first-order chi connectivity index (χ1) is 16.3. The van der Waals surface area contributed by atoms with Gasteiger partial charge in [0.2, 0.25) is 21.8 Å². The Morgan fingerprint density at radius 1 is 0.861 bits per heavy atom. The Labute approximate surface area is 227 Å². The number of primary amides is 1. The van der Waals surface area contributed by atoms with Crippen LogP contribution < -0.4 is 15.8 Å². The minimum absolute atomic E-state index is 0. The van der Waals surface area contributed by atoms with Crippen LogP contribution in [-0.4, -0.2) is 32.3 Å². The van der Waals surface area contributed by atoms with E-state index < -0.39 is 33.9 Å². The Kier molecular flexibility index (Phi) is 12.5. The monoisotopic (exact) mass is 549 g/mol. The summed E-state index contributed by atoms with van der Waals surface area (Å²) in [4.78, 5) is 25.2. The molecular formula is C26H35N3O4S3. The average Bonchev–Trinajstić information content (AvgIpc) is 2.83. The van der Waals surface area contributed by atoms with Crippen LogP contribution in [0.5, 0.6) is 0 Å². The molecule has 0 spiro atoms. The number of carbonyl (C=O) groups excluding carboxylic acids is 2. The second-order valence-electron chi connectivity index (χ2n) is 8.24. The summed E-state index contributed by atoms with van der Waals surface area (Å²) in [5.41, 5.74) is 7.40. The molecule has 196 valence electrons. The number of amides is 2. The fourth-order valence-electron chi connectivity index (χ4n) is 4.00. The quantitative estimate of drug-likeness (QED) is 0.340. The summed E-state index contributed by atoms with van der Waals surface area (Å²) in [6.07, 6.45) is 1.82. The maximum Gasteiger partial charge on any atom is 0.241 e. The van der Waals surface area contributed by atoms with E-state index in [0.29, 0.717) is 11.8 Å². The number of hydrogen-bond donors (Lipinski definition) is 3. The van der Waals surface area contributed by atoms with Gasteiger partial charge in [-0.05, 0) is 35.4 Å². The topological polar surface area (TPSA) is 118 Å². The average molecular weight is 550 g/mol. The number of sulfonamides is 1. The molecule has 2 amide bonds. The molecule has 0 saturated carbocycles. The lowest BCUT2D eigenvalue weighted by atomic mass is 10.0. The highest BCUT2D eigenvalue weighted by Crippen LogP contribution is 2.27. The molecule has 7 nitrogen and oxygen atoms in total. The molecule has 0 aromatic heterocycles. The lowest BCUT2D eigenvalue weighted by molar-refractivity contribution is -0.128. The van der Waals surface area contributed by atoms with Gasteiger partial charge in [-0.1, -0.05) is 80.9 Å². The van der Waals surface area contributed by atoms with Crippen LogP contribution in [0.4, 0.5) is 0 Å². The van der Waals surface area contributed by atoms with Crippen LogP contribution in [0, 0.1) is 0 Å². The fourth-order valence-corrected chi connectivity index (χ4v) is 5.45. The molecule has 3 aromatic carbocycles. The van der Waals surface area contributed by atoms with E-state index in [2.05, 4.69) is 10.0 Å². The van der Waals surface area contributed by atoms with Crippen molar-refractivity contribution >= 4 is 59.6 Å². The van der Waals surface area contributed by atoms with Crippen LogP contribution in [0.2, 0.25) is 0 Å². The van der Waals surface area contributed by atoms with Gasteiger partial charge in [0.1, 0.15) is 12.1 Å². The third kappa shape index (κ3) is 7.73. The van der Waals surface area contributed by atoms with Gasteiger partial charge in [0.25, 0.3) is 0 Å². The lowest BCUT2D eigenvalue weighted by Crippen LogP contribution is -2.53. The second kappa shape index (κ2) is 14.3. The maximum absolute atomic E-state index is 13.4. The van der Waals surface area contributed by atoms with Crippen LogP contribution in [0.3, 0.4) is 0 Å². The molecule has 4 N–H and O–H groups in total. The van der Waals surface area contributed by atoms with Crippen LogP contribution in [-0.2, 0) is 32.5 Å². The van der Waals surface area contributed by atoms with E-state index in [1.165, 1.54) is 0 Å². The van der Waals surface area contributed by atoms with Crippen molar-refractivity contribution in [2.24, 2.45) is 5.73 Å². The lowest BCUT2D eigenvalue weighted by Gasteiger charge is -2.22. The zero-order valence-electron chi connectivity index (χ0n) is 20.5. The number of nitrogens with one attached hydrogen (secondary N) is 2. The Hall–Kier alpha value is -2.53. The van der Waals surface area contributed by atoms with Gasteiger partial charge in [0.05, 0.1) is 4.90 Å². The molecule has 0 aliphatic carbocycles. The highest BCUT2D eigenvalue weighted by molar-refractivity contribution is 7.89. The van der Waals surface area contributed by atoms with Crippen molar-refractivity contribution in [2.75, 3.05) is 0 Å². The number of carbonyl (C=O) groups is 2. The predicted octanol–water partition coefficient (Wildman–Crippen LogP) is 3.29. The van der Waals surface area contributed by atoms with Gasteiger partial charge >= 0.3 is 0 Å². The first-order valence-corrected chi connectivity index (χ1v) is 12.9. The van der Waals surface area contributed by atoms with Crippen molar-refractivity contribution in [3.8, 4) is 0 Å². The van der Waals surface area contributed by atoms with Crippen LogP contribution >= 0.6 is 27.0 Å². The van der Waals surface area contributed by atoms with Gasteiger partial charge in [0, 0.05) is 11.8 Å². The molecule has 0 aliphatic heterocycles. The summed E-state index contributed by atoms with van der Waals surface area (Å²) in [7, 11) is -4.02. The van der Waals surface area contributed by atoms with Gasteiger partial charge in [-0.15, -0.1) is 0 Å². The van der Waals surface area contributed by atoms with E-state index in [-0.39, 0.29) is 44.7 Å². The first kappa shape index (κ1) is 31.5. The van der Waals surface area contributed by atoms with Gasteiger partial charge < -0.3 is 11.1 Å². The van der Waals surface area contributed by atoms with Gasteiger partial charge in [0.15, 0.2) is 0 Å². The zero-order valence-corrected chi connectivity index (χ0v) is 23.3. The fraction of sp³-hybridized carbons (Fsp3) is 0.308. The minimum Gasteiger partial charge on any atom is -0.368 e. The van der Waals surface area contributed by atoms with Crippen molar-refractivity contribution in [1.29, 1.82) is 0 Å². The molecule has 3 rings (SSSR count). The van der Waals surface area contributed by atoms with E-state index in [4.69, 9.17) is 5.73 Å². The molecule has 2 atom stereocenters. The molecule has 10 heteroatoms. The summed E-state index contributed by atoms with van der Waals surface area (Å²) in [5.74, 6) is -1.27. The smallest absolute Gasteiger partial charge is 0.241 e. The number of aryl methyl sites for hydroxylation is 1. The number of fused-ring (bicyclic) bond motifs is 1. The van der Waals surface area contributed by atoms with Crippen molar-refractivity contribution in [1.82, 2.24) is 10.0 Å². The molecule has 0 bridgehead atoms. The van der Waals surface area contributed by atoms with E-state index in [0.717, 1.165) is 22.9 Å². The van der Waals surface area contributed by atoms with E-state index in [1.807, 2.05) is 56.3 Å². The Morgan fingerprint density at radius 2 is 1.47 bits per heavy atom. The maximum atomic E-state index is 13.4. The zero-order chi connectivity index (χ0) is 24.7. The number of benzene rings is 3.